The molecule has 11 heteroatoms. The topological polar surface area (TPSA) is 93.7 Å². The van der Waals surface area contributed by atoms with Gasteiger partial charge in [0.2, 0.25) is 0 Å². The lowest BCUT2D eigenvalue weighted by Gasteiger charge is -2.12. The largest absolute Gasteiger partial charge is 0.489 e. The number of nitrogens with one attached hydrogen (secondary N) is 2. The van der Waals surface area contributed by atoms with Crippen LogP contribution in [0, 0.1) is 11.6 Å². The predicted molar refractivity (Wildman–Crippen MR) is 119 cm³/mol. The minimum Gasteiger partial charge on any atom is -0.489 e. The van der Waals surface area contributed by atoms with Crippen molar-refractivity contribution in [1.29, 1.82) is 0 Å². The average molecular weight is 495 g/mol. The second-order valence-electron chi connectivity index (χ2n) is 7.05. The average Bonchev–Trinajstić information content (AvgIpc) is 3.02. The van der Waals surface area contributed by atoms with Gasteiger partial charge in [-0.25, -0.2) is 17.2 Å². The van der Waals surface area contributed by atoms with Crippen LogP contribution in [-0.4, -0.2) is 27.5 Å². The first kappa shape index (κ1) is 22.8. The van der Waals surface area contributed by atoms with Crippen LogP contribution >= 0.6 is 11.6 Å². The Morgan fingerprint density at radius 2 is 1.61 bits per heavy atom. The van der Waals surface area contributed by atoms with E-state index in [1.165, 1.54) is 36.4 Å². The summed E-state index contributed by atoms with van der Waals surface area (Å²) in [5, 5.41) is 2.93. The van der Waals surface area contributed by atoms with Crippen molar-refractivity contribution in [2.24, 2.45) is 0 Å². The van der Waals surface area contributed by atoms with Gasteiger partial charge in [0.25, 0.3) is 15.9 Å². The molecule has 0 spiro atoms. The van der Waals surface area contributed by atoms with E-state index in [2.05, 4.69) is 10.0 Å². The number of amides is 1. The number of benzene rings is 3. The molecule has 0 saturated heterocycles. The van der Waals surface area contributed by atoms with Crippen LogP contribution in [-0.2, 0) is 10.0 Å². The number of hydrogen-bond donors (Lipinski definition) is 2. The number of ether oxygens (including phenoxy) is 2. The zero-order valence-electron chi connectivity index (χ0n) is 16.9. The molecule has 0 aliphatic carbocycles. The first-order valence-corrected chi connectivity index (χ1v) is 11.6. The molecule has 1 aliphatic rings. The van der Waals surface area contributed by atoms with E-state index in [0.717, 1.165) is 12.1 Å². The third-order valence-corrected chi connectivity index (χ3v) is 6.32. The molecule has 1 heterocycles. The third kappa shape index (κ3) is 5.18. The van der Waals surface area contributed by atoms with Crippen molar-refractivity contribution in [2.75, 3.05) is 23.3 Å². The summed E-state index contributed by atoms with van der Waals surface area (Å²) in [6.45, 7) is 0.904. The summed E-state index contributed by atoms with van der Waals surface area (Å²) in [4.78, 5) is 12.2. The number of hydrogen-bond acceptors (Lipinski definition) is 5. The molecule has 2 N–H and O–H groups in total. The van der Waals surface area contributed by atoms with Crippen LogP contribution in [0.3, 0.4) is 0 Å². The lowest BCUT2D eigenvalue weighted by Crippen LogP contribution is -2.14. The molecular weight excluding hydrogens is 478 g/mol. The van der Waals surface area contributed by atoms with Crippen LogP contribution in [0.5, 0.6) is 11.5 Å². The van der Waals surface area contributed by atoms with E-state index in [0.29, 0.717) is 42.9 Å². The fourth-order valence-electron chi connectivity index (χ4n) is 3.04. The van der Waals surface area contributed by atoms with E-state index in [1.54, 1.807) is 0 Å². The van der Waals surface area contributed by atoms with Crippen molar-refractivity contribution in [2.45, 2.75) is 11.3 Å². The number of fused-ring (bicyclic) bond motifs is 1. The smallest absolute Gasteiger partial charge is 0.261 e. The highest BCUT2D eigenvalue weighted by Crippen LogP contribution is 2.38. The number of rotatable bonds is 5. The van der Waals surface area contributed by atoms with Crippen molar-refractivity contribution in [3.63, 3.8) is 0 Å². The molecule has 172 valence electrons. The third-order valence-electron chi connectivity index (χ3n) is 4.66. The Kier molecular flexibility index (Phi) is 6.39. The Morgan fingerprint density at radius 1 is 0.909 bits per heavy atom. The fraction of sp³-hybridized carbons (Fsp3) is 0.136. The Hall–Kier alpha value is -3.37. The molecule has 3 aromatic carbocycles. The van der Waals surface area contributed by atoms with E-state index in [4.69, 9.17) is 21.1 Å². The van der Waals surface area contributed by atoms with Crippen LogP contribution in [0.4, 0.5) is 20.2 Å². The van der Waals surface area contributed by atoms with Gasteiger partial charge in [-0.3, -0.25) is 9.52 Å². The second kappa shape index (κ2) is 9.24. The normalized spacial score (nSPS) is 13.2. The fourth-order valence-corrected chi connectivity index (χ4v) is 4.38. The van der Waals surface area contributed by atoms with Gasteiger partial charge in [0.05, 0.1) is 23.1 Å². The van der Waals surface area contributed by atoms with Crippen LogP contribution in [0.2, 0.25) is 5.02 Å². The van der Waals surface area contributed by atoms with Gasteiger partial charge in [0.15, 0.2) is 23.1 Å². The van der Waals surface area contributed by atoms with Gasteiger partial charge in [0, 0.05) is 23.4 Å². The molecule has 0 aromatic heterocycles. The highest BCUT2D eigenvalue weighted by molar-refractivity contribution is 7.92. The SMILES string of the molecule is O=C(Nc1ccc(NS(=O)(=O)c2ccc(F)c(F)c2)cc1)c1cc(Cl)c2c(c1)OCCCO2. The van der Waals surface area contributed by atoms with Crippen molar-refractivity contribution in [1.82, 2.24) is 0 Å². The van der Waals surface area contributed by atoms with Crippen LogP contribution in [0.25, 0.3) is 0 Å². The van der Waals surface area contributed by atoms with Gasteiger partial charge in [0.1, 0.15) is 0 Å². The summed E-state index contributed by atoms with van der Waals surface area (Å²) in [5.74, 6) is -2.10. The maximum Gasteiger partial charge on any atom is 0.261 e. The number of anilines is 2. The molecule has 33 heavy (non-hydrogen) atoms. The van der Waals surface area contributed by atoms with E-state index in [-0.39, 0.29) is 16.3 Å². The summed E-state index contributed by atoms with van der Waals surface area (Å²) in [6.07, 6.45) is 0.693. The lowest BCUT2D eigenvalue weighted by molar-refractivity contribution is 0.102. The number of carbonyl (C=O) groups excluding carboxylic acids is 1. The van der Waals surface area contributed by atoms with E-state index in [9.17, 15) is 22.0 Å². The molecule has 1 amide bonds. The summed E-state index contributed by atoms with van der Waals surface area (Å²) in [5.41, 5.74) is 0.808. The molecule has 1 aliphatic heterocycles. The highest BCUT2D eigenvalue weighted by Gasteiger charge is 2.19. The molecule has 0 bridgehead atoms. The molecular formula is C22H17ClF2N2O5S. The van der Waals surface area contributed by atoms with Crippen molar-refractivity contribution in [3.8, 4) is 11.5 Å². The molecule has 0 saturated carbocycles. The summed E-state index contributed by atoms with van der Waals surface area (Å²) >= 11 is 6.22. The maximum absolute atomic E-state index is 13.4. The molecule has 0 unspecified atom stereocenters. The highest BCUT2D eigenvalue weighted by atomic mass is 35.5. The maximum atomic E-state index is 13.4. The Labute approximate surface area is 193 Å². The molecule has 0 atom stereocenters. The van der Waals surface area contributed by atoms with Crippen molar-refractivity contribution in [3.05, 3.63) is 76.8 Å². The molecule has 0 radical (unpaired) electrons. The van der Waals surface area contributed by atoms with Gasteiger partial charge in [-0.1, -0.05) is 11.6 Å². The van der Waals surface area contributed by atoms with Gasteiger partial charge in [-0.15, -0.1) is 0 Å². The van der Waals surface area contributed by atoms with E-state index in [1.807, 2.05) is 0 Å². The molecule has 0 fully saturated rings. The minimum absolute atomic E-state index is 0.163. The standard InChI is InChI=1S/C22H17ClF2N2O5S/c23-17-10-13(11-20-21(17)32-9-1-8-31-20)22(28)26-14-2-4-15(5-3-14)27-33(29,30)16-6-7-18(24)19(25)12-16/h2-7,10-12,27H,1,8-9H2,(H,26,28). The zero-order chi connectivity index (χ0) is 23.6. The number of carbonyl (C=O) groups is 1. The summed E-state index contributed by atoms with van der Waals surface area (Å²) in [7, 11) is -4.13. The Morgan fingerprint density at radius 3 is 2.33 bits per heavy atom. The summed E-state index contributed by atoms with van der Waals surface area (Å²) < 4.78 is 64.6. The van der Waals surface area contributed by atoms with E-state index < -0.39 is 32.5 Å². The number of halogens is 3. The first-order chi connectivity index (χ1) is 15.7. The molecule has 3 aromatic rings. The quantitative estimate of drug-likeness (QED) is 0.529. The molecule has 7 nitrogen and oxygen atoms in total. The zero-order valence-corrected chi connectivity index (χ0v) is 18.5. The lowest BCUT2D eigenvalue weighted by atomic mass is 10.1. The van der Waals surface area contributed by atoms with Gasteiger partial charge < -0.3 is 14.8 Å². The van der Waals surface area contributed by atoms with Gasteiger partial charge >= 0.3 is 0 Å². The van der Waals surface area contributed by atoms with Crippen molar-refractivity contribution < 1.29 is 31.5 Å². The van der Waals surface area contributed by atoms with Gasteiger partial charge in [-0.05, 0) is 54.6 Å². The van der Waals surface area contributed by atoms with Crippen LogP contribution in [0.15, 0.2) is 59.5 Å². The Balaban J connectivity index is 1.46. The van der Waals surface area contributed by atoms with Crippen LogP contribution < -0.4 is 19.5 Å². The number of sulfonamides is 1. The first-order valence-electron chi connectivity index (χ1n) is 9.71. The summed E-state index contributed by atoms with van der Waals surface area (Å²) in [6, 6.07) is 11.1. The van der Waals surface area contributed by atoms with Gasteiger partial charge in [-0.2, -0.15) is 0 Å². The Bertz CT molecular complexity index is 1320. The minimum atomic E-state index is -4.13. The predicted octanol–water partition coefficient (Wildman–Crippen LogP) is 4.83. The molecule has 4 rings (SSSR count). The monoisotopic (exact) mass is 494 g/mol. The second-order valence-corrected chi connectivity index (χ2v) is 9.14. The van der Waals surface area contributed by atoms with Crippen LogP contribution in [0.1, 0.15) is 16.8 Å². The van der Waals surface area contributed by atoms with Crippen molar-refractivity contribution >= 4 is 38.9 Å². The van der Waals surface area contributed by atoms with E-state index >= 15 is 0 Å².